The van der Waals surface area contributed by atoms with E-state index in [0.29, 0.717) is 4.90 Å². The van der Waals surface area contributed by atoms with Crippen LogP contribution < -0.4 is 0 Å². The summed E-state index contributed by atoms with van der Waals surface area (Å²) in [6, 6.07) is 1.47. The Balaban J connectivity index is 3.01. The number of hydrogen-bond donors (Lipinski definition) is 3. The van der Waals surface area contributed by atoms with Gasteiger partial charge in [0.25, 0.3) is 0 Å². The van der Waals surface area contributed by atoms with Crippen LogP contribution in [0.5, 0.6) is 11.8 Å². The second-order valence-corrected chi connectivity index (χ2v) is 2.42. The van der Waals surface area contributed by atoms with Gasteiger partial charge in [-0.2, -0.15) is 0 Å². The van der Waals surface area contributed by atoms with Crippen molar-refractivity contribution in [1.29, 1.82) is 0 Å². The molecule has 0 atom stereocenters. The largest absolute Gasteiger partial charge is 0.494 e. The lowest BCUT2D eigenvalue weighted by Crippen LogP contribution is -1.62. The van der Waals surface area contributed by atoms with Crippen molar-refractivity contribution >= 4 is 11.8 Å². The van der Waals surface area contributed by atoms with Gasteiger partial charge in [-0.1, -0.05) is 0 Å². The Morgan fingerprint density at radius 2 is 2.22 bits per heavy atom. The molecule has 3 N–H and O–H groups in total. The molecule has 0 aromatic carbocycles. The minimum absolute atomic E-state index is 0.00292. The zero-order valence-electron chi connectivity index (χ0n) is 4.88. The maximum absolute atomic E-state index is 8.89. The van der Waals surface area contributed by atoms with Crippen molar-refractivity contribution in [1.82, 2.24) is 4.98 Å². The molecular formula is C5H7NO2S. The van der Waals surface area contributed by atoms with Gasteiger partial charge in [0.1, 0.15) is 0 Å². The number of thioether (sulfide) groups is 1. The molecule has 0 unspecified atom stereocenters. The fourth-order valence-corrected chi connectivity index (χ4v) is 1.04. The van der Waals surface area contributed by atoms with Crippen molar-refractivity contribution in [3.8, 4) is 11.8 Å². The minimum Gasteiger partial charge on any atom is -0.494 e. The second-order valence-electron chi connectivity index (χ2n) is 1.57. The maximum Gasteiger partial charge on any atom is 0.205 e. The number of H-pyrrole nitrogens is 1. The summed E-state index contributed by atoms with van der Waals surface area (Å²) in [5.41, 5.74) is 0. The van der Waals surface area contributed by atoms with Gasteiger partial charge in [0, 0.05) is 6.07 Å². The number of rotatable bonds is 1. The number of nitrogens with one attached hydrogen (secondary N) is 1. The van der Waals surface area contributed by atoms with E-state index in [1.54, 1.807) is 0 Å². The molecule has 9 heavy (non-hydrogen) atoms. The van der Waals surface area contributed by atoms with E-state index in [0.717, 1.165) is 0 Å². The molecule has 0 amide bonds. The Hall–Kier alpha value is -0.770. The van der Waals surface area contributed by atoms with Crippen molar-refractivity contribution in [2.24, 2.45) is 0 Å². The zero-order valence-corrected chi connectivity index (χ0v) is 5.70. The molecule has 0 bridgehead atoms. The van der Waals surface area contributed by atoms with Crippen LogP contribution in [0.25, 0.3) is 0 Å². The maximum atomic E-state index is 8.89. The predicted molar refractivity (Wildman–Crippen MR) is 35.9 cm³/mol. The van der Waals surface area contributed by atoms with Crippen LogP contribution in [0.1, 0.15) is 0 Å². The first kappa shape index (κ1) is 6.35. The van der Waals surface area contributed by atoms with E-state index in [4.69, 9.17) is 10.2 Å². The quantitative estimate of drug-likeness (QED) is 0.519. The molecule has 0 aliphatic carbocycles. The van der Waals surface area contributed by atoms with Gasteiger partial charge in [0.2, 0.25) is 5.88 Å². The van der Waals surface area contributed by atoms with Crippen LogP contribution in [0, 0.1) is 0 Å². The van der Waals surface area contributed by atoms with E-state index >= 15 is 0 Å². The van der Waals surface area contributed by atoms with Gasteiger partial charge in [-0.15, -0.1) is 11.8 Å². The molecule has 1 aromatic heterocycles. The highest BCUT2D eigenvalue weighted by Gasteiger charge is 2.02. The molecule has 1 rings (SSSR count). The van der Waals surface area contributed by atoms with Gasteiger partial charge in [-0.25, -0.2) is 0 Å². The molecule has 4 heteroatoms. The summed E-state index contributed by atoms with van der Waals surface area (Å²) in [5, 5.41) is 17.6. The van der Waals surface area contributed by atoms with Crippen LogP contribution in [0.4, 0.5) is 0 Å². The fraction of sp³-hybridized carbons (Fsp3) is 0.200. The van der Waals surface area contributed by atoms with Crippen LogP contribution in [-0.2, 0) is 0 Å². The van der Waals surface area contributed by atoms with E-state index in [1.807, 2.05) is 6.26 Å². The van der Waals surface area contributed by atoms with E-state index in [-0.39, 0.29) is 11.8 Å². The molecule has 0 aliphatic heterocycles. The Labute approximate surface area is 56.7 Å². The molecule has 1 aromatic rings. The van der Waals surface area contributed by atoms with Crippen LogP contribution in [0.15, 0.2) is 11.0 Å². The minimum atomic E-state index is -0.00292. The first-order valence-electron chi connectivity index (χ1n) is 2.39. The summed E-state index contributed by atoms with van der Waals surface area (Å²) >= 11 is 1.37. The van der Waals surface area contributed by atoms with Crippen molar-refractivity contribution in [2.75, 3.05) is 6.26 Å². The summed E-state index contributed by atoms with van der Waals surface area (Å²) in [7, 11) is 0. The van der Waals surface area contributed by atoms with Crippen molar-refractivity contribution in [3.63, 3.8) is 0 Å². The predicted octanol–water partition coefficient (Wildman–Crippen LogP) is 1.15. The van der Waals surface area contributed by atoms with Crippen LogP contribution >= 0.6 is 11.8 Å². The molecule has 0 saturated heterocycles. The Morgan fingerprint density at radius 3 is 2.44 bits per heavy atom. The highest BCUT2D eigenvalue weighted by atomic mass is 32.2. The molecule has 0 saturated carbocycles. The summed E-state index contributed by atoms with van der Waals surface area (Å²) in [5.74, 6) is 0.0249. The average Bonchev–Trinajstić information content (AvgIpc) is 2.10. The summed E-state index contributed by atoms with van der Waals surface area (Å²) < 4.78 is 0. The smallest absolute Gasteiger partial charge is 0.205 e. The van der Waals surface area contributed by atoms with Gasteiger partial charge < -0.3 is 10.2 Å². The lowest BCUT2D eigenvalue weighted by atomic mass is 10.6. The van der Waals surface area contributed by atoms with Crippen LogP contribution in [0.3, 0.4) is 0 Å². The molecule has 1 heterocycles. The van der Waals surface area contributed by atoms with Crippen molar-refractivity contribution < 1.29 is 10.2 Å². The SMILES string of the molecule is CSc1cc(O)[nH]c1O. The van der Waals surface area contributed by atoms with E-state index in [2.05, 4.69) is 4.98 Å². The fourth-order valence-electron chi connectivity index (χ4n) is 0.567. The topological polar surface area (TPSA) is 56.2 Å². The first-order chi connectivity index (χ1) is 4.24. The third-order valence-corrected chi connectivity index (χ3v) is 1.72. The number of hydrogen-bond acceptors (Lipinski definition) is 3. The van der Waals surface area contributed by atoms with Gasteiger partial charge in [-0.3, -0.25) is 4.98 Å². The van der Waals surface area contributed by atoms with Gasteiger partial charge in [0.05, 0.1) is 4.90 Å². The van der Waals surface area contributed by atoms with Crippen LogP contribution in [-0.4, -0.2) is 21.5 Å². The van der Waals surface area contributed by atoms with Crippen molar-refractivity contribution in [2.45, 2.75) is 4.90 Å². The normalized spacial score (nSPS) is 9.89. The molecule has 0 radical (unpaired) electrons. The van der Waals surface area contributed by atoms with Crippen molar-refractivity contribution in [3.05, 3.63) is 6.07 Å². The summed E-state index contributed by atoms with van der Waals surface area (Å²) in [6.07, 6.45) is 1.82. The Kier molecular flexibility index (Phi) is 1.57. The van der Waals surface area contributed by atoms with Crippen LogP contribution in [0.2, 0.25) is 0 Å². The summed E-state index contributed by atoms with van der Waals surface area (Å²) in [6.45, 7) is 0. The Morgan fingerprint density at radius 1 is 1.56 bits per heavy atom. The Bertz CT molecular complexity index is 209. The van der Waals surface area contributed by atoms with Gasteiger partial charge >= 0.3 is 0 Å². The highest BCUT2D eigenvalue weighted by molar-refractivity contribution is 7.98. The number of aromatic hydroxyl groups is 2. The summed E-state index contributed by atoms with van der Waals surface area (Å²) in [4.78, 5) is 3.01. The first-order valence-corrected chi connectivity index (χ1v) is 3.61. The molecule has 0 spiro atoms. The third-order valence-electron chi connectivity index (χ3n) is 0.968. The van der Waals surface area contributed by atoms with Gasteiger partial charge in [-0.05, 0) is 6.26 Å². The third kappa shape index (κ3) is 1.13. The number of aromatic amines is 1. The highest BCUT2D eigenvalue weighted by Crippen LogP contribution is 2.29. The van der Waals surface area contributed by atoms with E-state index < -0.39 is 0 Å². The average molecular weight is 145 g/mol. The standard InChI is InChI=1S/C5H7NO2S/c1-9-3-2-4(7)6-5(3)8/h2,6-8H,1H3. The monoisotopic (exact) mass is 145 g/mol. The van der Waals surface area contributed by atoms with E-state index in [1.165, 1.54) is 17.8 Å². The second kappa shape index (κ2) is 2.23. The zero-order chi connectivity index (χ0) is 6.85. The molecular weight excluding hydrogens is 138 g/mol. The number of aromatic nitrogens is 1. The molecule has 0 aliphatic rings. The lowest BCUT2D eigenvalue weighted by molar-refractivity contribution is 0.421. The lowest BCUT2D eigenvalue weighted by Gasteiger charge is -1.86. The molecule has 50 valence electrons. The van der Waals surface area contributed by atoms with E-state index in [9.17, 15) is 0 Å². The molecule has 3 nitrogen and oxygen atoms in total. The van der Waals surface area contributed by atoms with Gasteiger partial charge in [0.15, 0.2) is 5.88 Å². The molecule has 0 fully saturated rings.